The highest BCUT2D eigenvalue weighted by molar-refractivity contribution is 5.95. The van der Waals surface area contributed by atoms with Gasteiger partial charge in [0.05, 0.1) is 12.5 Å². The minimum atomic E-state index is -0.166. The van der Waals surface area contributed by atoms with E-state index in [0.717, 1.165) is 5.56 Å². The fraction of sp³-hybridized carbons (Fsp3) is 0.167. The molecule has 76 valence electrons. The lowest BCUT2D eigenvalue weighted by Crippen LogP contribution is -2.24. The van der Waals surface area contributed by atoms with Crippen LogP contribution in [0, 0.1) is 11.3 Å². The van der Waals surface area contributed by atoms with Crippen molar-refractivity contribution in [1.82, 2.24) is 5.32 Å². The Morgan fingerprint density at radius 2 is 2.27 bits per heavy atom. The monoisotopic (exact) mass is 200 g/mol. The molecule has 0 atom stereocenters. The zero-order valence-corrected chi connectivity index (χ0v) is 8.36. The zero-order chi connectivity index (χ0) is 11.1. The Balaban J connectivity index is 2.87. The summed E-state index contributed by atoms with van der Waals surface area (Å²) < 4.78 is 0. The first kappa shape index (κ1) is 11.0. The molecule has 15 heavy (non-hydrogen) atoms. The second kappa shape index (κ2) is 5.61. The number of carbonyl (C=O) groups is 1. The molecule has 0 aliphatic carbocycles. The highest BCUT2D eigenvalue weighted by Crippen LogP contribution is 2.08. The molecular weight excluding hydrogens is 188 g/mol. The fourth-order valence-electron chi connectivity index (χ4n) is 1.24. The first-order valence-electron chi connectivity index (χ1n) is 4.63. The Labute approximate surface area is 89.0 Å². The van der Waals surface area contributed by atoms with Crippen LogP contribution < -0.4 is 5.32 Å². The number of nitrogens with zero attached hydrogens (tertiary/aromatic N) is 1. The molecule has 0 bridgehead atoms. The molecule has 3 heteroatoms. The van der Waals surface area contributed by atoms with Crippen LogP contribution in [-0.4, -0.2) is 12.5 Å². The van der Waals surface area contributed by atoms with Gasteiger partial charge in [0.15, 0.2) is 0 Å². The van der Waals surface area contributed by atoms with Crippen LogP contribution in [-0.2, 0) is 6.42 Å². The van der Waals surface area contributed by atoms with E-state index in [4.69, 9.17) is 5.26 Å². The molecule has 0 aliphatic heterocycles. The van der Waals surface area contributed by atoms with Gasteiger partial charge in [-0.25, -0.2) is 0 Å². The molecule has 0 aromatic heterocycles. The van der Waals surface area contributed by atoms with Crippen LogP contribution in [0.3, 0.4) is 0 Å². The highest BCUT2D eigenvalue weighted by Gasteiger charge is 2.08. The van der Waals surface area contributed by atoms with Crippen molar-refractivity contribution in [3.05, 3.63) is 48.0 Å². The summed E-state index contributed by atoms with van der Waals surface area (Å²) in [5, 5.41) is 11.3. The van der Waals surface area contributed by atoms with Gasteiger partial charge >= 0.3 is 0 Å². The van der Waals surface area contributed by atoms with Gasteiger partial charge < -0.3 is 5.32 Å². The number of benzene rings is 1. The third-order valence-electron chi connectivity index (χ3n) is 1.94. The van der Waals surface area contributed by atoms with E-state index >= 15 is 0 Å². The van der Waals surface area contributed by atoms with Gasteiger partial charge in [0.2, 0.25) is 0 Å². The molecule has 1 aromatic carbocycles. The fourth-order valence-corrected chi connectivity index (χ4v) is 1.24. The minimum Gasteiger partial charge on any atom is -0.349 e. The lowest BCUT2D eigenvalue weighted by molar-refractivity contribution is 0.0957. The summed E-state index contributed by atoms with van der Waals surface area (Å²) in [6, 6.07) is 9.13. The molecule has 0 saturated carbocycles. The Kier molecular flexibility index (Phi) is 4.11. The van der Waals surface area contributed by atoms with Gasteiger partial charge in [-0.05, 0) is 11.6 Å². The average molecular weight is 200 g/mol. The van der Waals surface area contributed by atoms with Crippen molar-refractivity contribution in [3.8, 4) is 6.07 Å². The molecule has 1 rings (SSSR count). The van der Waals surface area contributed by atoms with Crippen molar-refractivity contribution < 1.29 is 4.79 Å². The third-order valence-corrected chi connectivity index (χ3v) is 1.94. The van der Waals surface area contributed by atoms with Crippen molar-refractivity contribution in [2.24, 2.45) is 0 Å². The maximum atomic E-state index is 11.6. The summed E-state index contributed by atoms with van der Waals surface area (Å²) in [5.74, 6) is -0.166. The Bertz CT molecular complexity index is 404. The predicted octanol–water partition coefficient (Wildman–Crippen LogP) is 1.67. The van der Waals surface area contributed by atoms with E-state index in [1.807, 2.05) is 12.1 Å². The van der Waals surface area contributed by atoms with Gasteiger partial charge in [-0.2, -0.15) is 5.26 Å². The van der Waals surface area contributed by atoms with Crippen LogP contribution in [0.25, 0.3) is 0 Å². The summed E-state index contributed by atoms with van der Waals surface area (Å²) in [7, 11) is 0. The summed E-state index contributed by atoms with van der Waals surface area (Å²) in [4.78, 5) is 11.6. The molecule has 0 aliphatic rings. The largest absolute Gasteiger partial charge is 0.349 e. The van der Waals surface area contributed by atoms with Crippen LogP contribution in [0.15, 0.2) is 36.9 Å². The standard InChI is InChI=1S/C12H12N2O/c1-2-9-14-12(15)11-6-4-3-5-10(11)7-8-13/h2-6H,1,7,9H2,(H,14,15). The van der Waals surface area contributed by atoms with Crippen LogP contribution in [0.2, 0.25) is 0 Å². The van der Waals surface area contributed by atoms with E-state index in [0.29, 0.717) is 12.1 Å². The van der Waals surface area contributed by atoms with Crippen molar-refractivity contribution in [2.45, 2.75) is 6.42 Å². The number of amides is 1. The lowest BCUT2D eigenvalue weighted by atomic mass is 10.0. The van der Waals surface area contributed by atoms with Crippen LogP contribution in [0.5, 0.6) is 0 Å². The summed E-state index contributed by atoms with van der Waals surface area (Å²) in [6.45, 7) is 3.95. The molecule has 1 amide bonds. The molecular formula is C12H12N2O. The molecule has 0 saturated heterocycles. The molecule has 0 radical (unpaired) electrons. The van der Waals surface area contributed by atoms with Gasteiger partial charge in [0.25, 0.3) is 5.91 Å². The minimum absolute atomic E-state index is 0.166. The molecule has 0 spiro atoms. The van der Waals surface area contributed by atoms with Gasteiger partial charge in [0, 0.05) is 12.1 Å². The number of hydrogen-bond donors (Lipinski definition) is 1. The third kappa shape index (κ3) is 2.96. The van der Waals surface area contributed by atoms with Crippen LogP contribution >= 0.6 is 0 Å². The maximum absolute atomic E-state index is 11.6. The second-order valence-corrected chi connectivity index (χ2v) is 2.99. The summed E-state index contributed by atoms with van der Waals surface area (Å²) in [6.07, 6.45) is 1.86. The zero-order valence-electron chi connectivity index (χ0n) is 8.36. The smallest absolute Gasteiger partial charge is 0.251 e. The topological polar surface area (TPSA) is 52.9 Å². The number of hydrogen-bond acceptors (Lipinski definition) is 2. The van der Waals surface area contributed by atoms with Crippen molar-refractivity contribution in [3.63, 3.8) is 0 Å². The molecule has 0 fully saturated rings. The summed E-state index contributed by atoms with van der Waals surface area (Å²) >= 11 is 0. The molecule has 3 nitrogen and oxygen atoms in total. The van der Waals surface area contributed by atoms with Gasteiger partial charge in [-0.1, -0.05) is 24.3 Å². The Morgan fingerprint density at radius 1 is 1.53 bits per heavy atom. The van der Waals surface area contributed by atoms with E-state index in [9.17, 15) is 4.79 Å². The maximum Gasteiger partial charge on any atom is 0.251 e. The van der Waals surface area contributed by atoms with Crippen molar-refractivity contribution >= 4 is 5.91 Å². The van der Waals surface area contributed by atoms with Crippen LogP contribution in [0.4, 0.5) is 0 Å². The quantitative estimate of drug-likeness (QED) is 0.751. The first-order valence-corrected chi connectivity index (χ1v) is 4.63. The molecule has 0 unspecified atom stereocenters. The number of nitriles is 1. The van der Waals surface area contributed by atoms with Crippen LogP contribution in [0.1, 0.15) is 15.9 Å². The Morgan fingerprint density at radius 3 is 2.93 bits per heavy atom. The first-order chi connectivity index (χ1) is 7.29. The molecule has 0 heterocycles. The van der Waals surface area contributed by atoms with Gasteiger partial charge in [0.1, 0.15) is 0 Å². The predicted molar refractivity (Wildman–Crippen MR) is 58.3 cm³/mol. The van der Waals surface area contributed by atoms with Gasteiger partial charge in [-0.15, -0.1) is 6.58 Å². The summed E-state index contributed by atoms with van der Waals surface area (Å²) in [5.41, 5.74) is 1.31. The molecule has 1 N–H and O–H groups in total. The van der Waals surface area contributed by atoms with E-state index in [1.54, 1.807) is 24.3 Å². The highest BCUT2D eigenvalue weighted by atomic mass is 16.1. The van der Waals surface area contributed by atoms with Gasteiger partial charge in [-0.3, -0.25) is 4.79 Å². The van der Waals surface area contributed by atoms with E-state index in [-0.39, 0.29) is 12.3 Å². The van der Waals surface area contributed by atoms with E-state index in [2.05, 4.69) is 11.9 Å². The number of carbonyl (C=O) groups excluding carboxylic acids is 1. The van der Waals surface area contributed by atoms with Crippen molar-refractivity contribution in [1.29, 1.82) is 5.26 Å². The Hall–Kier alpha value is -2.08. The van der Waals surface area contributed by atoms with E-state index < -0.39 is 0 Å². The average Bonchev–Trinajstić information content (AvgIpc) is 2.27. The number of rotatable bonds is 4. The second-order valence-electron chi connectivity index (χ2n) is 2.99. The van der Waals surface area contributed by atoms with E-state index in [1.165, 1.54) is 0 Å². The number of nitrogens with one attached hydrogen (secondary N) is 1. The van der Waals surface area contributed by atoms with Crippen molar-refractivity contribution in [2.75, 3.05) is 6.54 Å². The normalized spacial score (nSPS) is 9.00. The lowest BCUT2D eigenvalue weighted by Gasteiger charge is -2.05. The SMILES string of the molecule is C=CCNC(=O)c1ccccc1CC#N. The molecule has 1 aromatic rings.